The molecule has 0 bridgehead atoms. The molecule has 2 aromatic carbocycles. The zero-order valence-electron chi connectivity index (χ0n) is 16.4. The second-order valence-electron chi connectivity index (χ2n) is 7.64. The molecule has 9 heteroatoms. The molecule has 30 heavy (non-hydrogen) atoms. The number of halogens is 2. The molecule has 2 aliphatic rings. The number of carbonyl (C=O) groups is 1. The van der Waals surface area contributed by atoms with E-state index in [4.69, 9.17) is 23.2 Å². The number of hydrogen-bond donors (Lipinski definition) is 1. The first kappa shape index (κ1) is 21.6. The summed E-state index contributed by atoms with van der Waals surface area (Å²) in [5.74, 6) is -0.214. The highest BCUT2D eigenvalue weighted by Crippen LogP contribution is 2.27. The van der Waals surface area contributed by atoms with Crippen molar-refractivity contribution in [3.63, 3.8) is 0 Å². The predicted molar refractivity (Wildman–Crippen MR) is 119 cm³/mol. The molecule has 0 unspecified atom stereocenters. The maximum atomic E-state index is 13.0. The fourth-order valence-corrected chi connectivity index (χ4v) is 5.78. The monoisotopic (exact) mass is 467 g/mol. The Bertz CT molecular complexity index is 1070. The number of amides is 1. The van der Waals surface area contributed by atoms with Crippen LogP contribution in [-0.4, -0.2) is 56.3 Å². The number of sulfonamides is 1. The van der Waals surface area contributed by atoms with Crippen LogP contribution < -0.4 is 5.32 Å². The molecule has 0 atom stereocenters. The first-order chi connectivity index (χ1) is 14.3. The summed E-state index contributed by atoms with van der Waals surface area (Å²) in [6.07, 6.45) is 3.05. The summed E-state index contributed by atoms with van der Waals surface area (Å²) in [5.41, 5.74) is 2.86. The number of hydrogen-bond acceptors (Lipinski definition) is 4. The second kappa shape index (κ2) is 8.85. The average Bonchev–Trinajstić information content (AvgIpc) is 3.19. The van der Waals surface area contributed by atoms with Crippen molar-refractivity contribution in [1.82, 2.24) is 9.21 Å². The van der Waals surface area contributed by atoms with Gasteiger partial charge in [-0.1, -0.05) is 29.3 Å². The van der Waals surface area contributed by atoms with E-state index in [0.717, 1.165) is 24.8 Å². The number of carbonyl (C=O) groups excluding carboxylic acids is 1. The van der Waals surface area contributed by atoms with Crippen LogP contribution in [0.5, 0.6) is 0 Å². The highest BCUT2D eigenvalue weighted by Gasteiger charge is 2.30. The normalized spacial score (nSPS) is 17.7. The first-order valence-corrected chi connectivity index (χ1v) is 12.1. The van der Waals surface area contributed by atoms with Crippen molar-refractivity contribution in [3.8, 4) is 0 Å². The van der Waals surface area contributed by atoms with Gasteiger partial charge in [0, 0.05) is 31.2 Å². The van der Waals surface area contributed by atoms with Crippen molar-refractivity contribution in [2.24, 2.45) is 0 Å². The molecule has 0 radical (unpaired) electrons. The summed E-state index contributed by atoms with van der Waals surface area (Å²) >= 11 is 12.0. The van der Waals surface area contributed by atoms with Crippen molar-refractivity contribution < 1.29 is 13.2 Å². The minimum atomic E-state index is -3.52. The third-order valence-corrected chi connectivity index (χ3v) is 8.07. The zero-order chi connectivity index (χ0) is 21.3. The number of nitrogens with zero attached hydrogens (tertiary/aromatic N) is 2. The van der Waals surface area contributed by atoms with Gasteiger partial charge in [0.25, 0.3) is 0 Å². The van der Waals surface area contributed by atoms with Crippen molar-refractivity contribution in [1.29, 1.82) is 0 Å². The fourth-order valence-electron chi connectivity index (χ4n) is 3.97. The van der Waals surface area contributed by atoms with Gasteiger partial charge in [-0.05, 0) is 60.7 Å². The Hall–Kier alpha value is -1.64. The molecule has 1 aliphatic carbocycles. The van der Waals surface area contributed by atoms with Gasteiger partial charge in [-0.3, -0.25) is 9.69 Å². The predicted octanol–water partition coefficient (Wildman–Crippen LogP) is 3.43. The Labute approximate surface area is 186 Å². The van der Waals surface area contributed by atoms with Crippen LogP contribution in [0, 0.1) is 0 Å². The molecule has 2 aromatic rings. The lowest BCUT2D eigenvalue weighted by atomic mass is 10.1. The summed E-state index contributed by atoms with van der Waals surface area (Å²) in [7, 11) is -3.52. The van der Waals surface area contributed by atoms with Crippen LogP contribution in [-0.2, 0) is 27.7 Å². The van der Waals surface area contributed by atoms with Gasteiger partial charge >= 0.3 is 0 Å². The van der Waals surface area contributed by atoms with Crippen molar-refractivity contribution in [3.05, 3.63) is 57.6 Å². The minimum absolute atomic E-state index is 0.162. The number of benzene rings is 2. The Morgan fingerprint density at radius 3 is 2.47 bits per heavy atom. The summed E-state index contributed by atoms with van der Waals surface area (Å²) in [4.78, 5) is 14.7. The minimum Gasteiger partial charge on any atom is -0.324 e. The third kappa shape index (κ3) is 4.65. The van der Waals surface area contributed by atoms with E-state index in [2.05, 4.69) is 5.32 Å². The van der Waals surface area contributed by atoms with Gasteiger partial charge < -0.3 is 5.32 Å². The zero-order valence-corrected chi connectivity index (χ0v) is 18.7. The van der Waals surface area contributed by atoms with E-state index < -0.39 is 10.0 Å². The molecular weight excluding hydrogens is 445 g/mol. The number of rotatable bonds is 5. The summed E-state index contributed by atoms with van der Waals surface area (Å²) in [6, 6.07) is 10.4. The van der Waals surface area contributed by atoms with Gasteiger partial charge in [-0.25, -0.2) is 8.42 Å². The molecule has 160 valence electrons. The molecule has 0 aromatic heterocycles. The van der Waals surface area contributed by atoms with Crippen LogP contribution in [0.3, 0.4) is 0 Å². The van der Waals surface area contributed by atoms with Gasteiger partial charge in [0.2, 0.25) is 15.9 Å². The Morgan fingerprint density at radius 2 is 1.70 bits per heavy atom. The van der Waals surface area contributed by atoms with E-state index in [9.17, 15) is 13.2 Å². The molecule has 1 heterocycles. The van der Waals surface area contributed by atoms with Gasteiger partial charge in [-0.2, -0.15) is 4.31 Å². The second-order valence-corrected chi connectivity index (χ2v) is 10.4. The fraction of sp³-hybridized carbons (Fsp3) is 0.381. The maximum absolute atomic E-state index is 13.0. The molecule has 1 amide bonds. The molecule has 4 rings (SSSR count). The molecule has 1 fully saturated rings. The van der Waals surface area contributed by atoms with E-state index in [0.29, 0.717) is 46.8 Å². The number of fused-ring (bicyclic) bond motifs is 1. The van der Waals surface area contributed by atoms with Crippen molar-refractivity contribution in [2.75, 3.05) is 38.0 Å². The lowest BCUT2D eigenvalue weighted by molar-refractivity contribution is -0.117. The van der Waals surface area contributed by atoms with Crippen LogP contribution >= 0.6 is 23.2 Å². The highest BCUT2D eigenvalue weighted by molar-refractivity contribution is 7.89. The standard InChI is InChI=1S/C21H23Cl2N3O3S/c22-17-5-7-19(23)20(13-17)24-21(27)14-25-8-10-26(11-9-25)30(28,29)18-6-4-15-2-1-3-16(15)12-18/h4-7,12-13H,1-3,8-11,14H2,(H,24,27). The van der Waals surface area contributed by atoms with Gasteiger partial charge in [0.1, 0.15) is 0 Å². The molecule has 1 saturated heterocycles. The van der Waals surface area contributed by atoms with Crippen LogP contribution in [0.15, 0.2) is 41.3 Å². The van der Waals surface area contributed by atoms with Gasteiger partial charge in [0.15, 0.2) is 0 Å². The lowest BCUT2D eigenvalue weighted by Crippen LogP contribution is -2.50. The SMILES string of the molecule is O=C(CN1CCN(S(=O)(=O)c2ccc3c(c2)CCC3)CC1)Nc1cc(Cl)ccc1Cl. The number of nitrogens with one attached hydrogen (secondary N) is 1. The number of aryl methyl sites for hydroxylation is 2. The van der Waals surface area contributed by atoms with Crippen LogP contribution in [0.1, 0.15) is 17.5 Å². The summed E-state index contributed by atoms with van der Waals surface area (Å²) < 4.78 is 27.6. The lowest BCUT2D eigenvalue weighted by Gasteiger charge is -2.33. The van der Waals surface area contributed by atoms with E-state index >= 15 is 0 Å². The Morgan fingerprint density at radius 1 is 0.967 bits per heavy atom. The molecule has 0 saturated carbocycles. The first-order valence-electron chi connectivity index (χ1n) is 9.92. The quantitative estimate of drug-likeness (QED) is 0.730. The molecule has 1 N–H and O–H groups in total. The molecule has 0 spiro atoms. The van der Waals surface area contributed by atoms with Crippen LogP contribution in [0.25, 0.3) is 0 Å². The molecule has 6 nitrogen and oxygen atoms in total. The van der Waals surface area contributed by atoms with E-state index in [1.54, 1.807) is 24.3 Å². The highest BCUT2D eigenvalue weighted by atomic mass is 35.5. The molecular formula is C21H23Cl2N3O3S. The Balaban J connectivity index is 1.34. The van der Waals surface area contributed by atoms with E-state index in [-0.39, 0.29) is 12.5 Å². The van der Waals surface area contributed by atoms with Crippen LogP contribution in [0.4, 0.5) is 5.69 Å². The third-order valence-electron chi connectivity index (χ3n) is 5.61. The van der Waals surface area contributed by atoms with Crippen molar-refractivity contribution >= 4 is 44.8 Å². The van der Waals surface area contributed by atoms with Crippen LogP contribution in [0.2, 0.25) is 10.0 Å². The summed E-state index contributed by atoms with van der Waals surface area (Å²) in [5, 5.41) is 3.66. The molecule has 1 aliphatic heterocycles. The van der Waals surface area contributed by atoms with E-state index in [1.807, 2.05) is 17.0 Å². The van der Waals surface area contributed by atoms with Gasteiger partial charge in [-0.15, -0.1) is 0 Å². The topological polar surface area (TPSA) is 69.7 Å². The Kier molecular flexibility index (Phi) is 6.36. The number of anilines is 1. The number of piperazine rings is 1. The van der Waals surface area contributed by atoms with E-state index in [1.165, 1.54) is 9.87 Å². The maximum Gasteiger partial charge on any atom is 0.243 e. The van der Waals surface area contributed by atoms with Gasteiger partial charge in [0.05, 0.1) is 22.2 Å². The largest absolute Gasteiger partial charge is 0.324 e. The van der Waals surface area contributed by atoms with Crippen molar-refractivity contribution in [2.45, 2.75) is 24.2 Å². The summed E-state index contributed by atoms with van der Waals surface area (Å²) in [6.45, 7) is 1.84. The average molecular weight is 468 g/mol. The smallest absolute Gasteiger partial charge is 0.243 e.